The number of thiazole rings is 1. The van der Waals surface area contributed by atoms with Crippen molar-refractivity contribution in [1.82, 2.24) is 4.57 Å². The summed E-state index contributed by atoms with van der Waals surface area (Å²) in [7, 11) is 1.61. The lowest BCUT2D eigenvalue weighted by atomic mass is 10.0. The van der Waals surface area contributed by atoms with Crippen molar-refractivity contribution >= 4 is 38.2 Å². The predicted octanol–water partition coefficient (Wildman–Crippen LogP) is 4.78. The first-order valence-electron chi connectivity index (χ1n) is 9.63. The SMILES string of the molecule is CCOc1ccc2ccccc2c1C(=O)N=c1sc2cc(F)ccc2n1CCOC. The van der Waals surface area contributed by atoms with Crippen molar-refractivity contribution in [3.8, 4) is 5.75 Å². The molecular formula is C23H21FN2O3S. The molecular weight excluding hydrogens is 403 g/mol. The van der Waals surface area contributed by atoms with Gasteiger partial charge in [0.1, 0.15) is 11.6 Å². The first-order chi connectivity index (χ1) is 14.6. The van der Waals surface area contributed by atoms with E-state index in [1.54, 1.807) is 19.2 Å². The van der Waals surface area contributed by atoms with Crippen LogP contribution in [0.15, 0.2) is 59.6 Å². The van der Waals surface area contributed by atoms with Gasteiger partial charge in [0, 0.05) is 13.7 Å². The Morgan fingerprint density at radius 2 is 2.00 bits per heavy atom. The maximum Gasteiger partial charge on any atom is 0.284 e. The van der Waals surface area contributed by atoms with Crippen LogP contribution < -0.4 is 9.54 Å². The van der Waals surface area contributed by atoms with Gasteiger partial charge in [-0.2, -0.15) is 4.99 Å². The number of hydrogen-bond acceptors (Lipinski definition) is 4. The molecule has 30 heavy (non-hydrogen) atoms. The van der Waals surface area contributed by atoms with Crippen LogP contribution in [0.4, 0.5) is 4.39 Å². The van der Waals surface area contributed by atoms with Gasteiger partial charge >= 0.3 is 0 Å². The minimum absolute atomic E-state index is 0.326. The van der Waals surface area contributed by atoms with Crippen LogP contribution in [-0.2, 0) is 11.3 Å². The maximum atomic E-state index is 13.7. The van der Waals surface area contributed by atoms with Gasteiger partial charge in [0.15, 0.2) is 4.80 Å². The van der Waals surface area contributed by atoms with Crippen LogP contribution >= 0.6 is 11.3 Å². The van der Waals surface area contributed by atoms with Crippen molar-refractivity contribution in [2.24, 2.45) is 4.99 Å². The van der Waals surface area contributed by atoms with E-state index in [0.717, 1.165) is 21.0 Å². The molecule has 4 rings (SSSR count). The first kappa shape index (κ1) is 20.3. The van der Waals surface area contributed by atoms with Crippen molar-refractivity contribution in [3.63, 3.8) is 0 Å². The number of fused-ring (bicyclic) bond motifs is 2. The average Bonchev–Trinajstić information content (AvgIpc) is 3.07. The molecule has 0 saturated carbocycles. The van der Waals surface area contributed by atoms with Crippen molar-refractivity contribution < 1.29 is 18.7 Å². The van der Waals surface area contributed by atoms with Crippen LogP contribution in [0.2, 0.25) is 0 Å². The number of amides is 1. The second-order valence-electron chi connectivity index (χ2n) is 6.65. The van der Waals surface area contributed by atoms with E-state index >= 15 is 0 Å². The van der Waals surface area contributed by atoms with E-state index in [9.17, 15) is 9.18 Å². The number of rotatable bonds is 6. The molecule has 1 heterocycles. The maximum absolute atomic E-state index is 13.7. The zero-order valence-electron chi connectivity index (χ0n) is 16.7. The number of aromatic nitrogens is 1. The number of methoxy groups -OCH3 is 1. The van der Waals surface area contributed by atoms with Crippen LogP contribution in [0, 0.1) is 5.82 Å². The number of carbonyl (C=O) groups is 1. The fourth-order valence-electron chi connectivity index (χ4n) is 3.42. The average molecular weight is 424 g/mol. The molecule has 1 aromatic heterocycles. The van der Waals surface area contributed by atoms with Gasteiger partial charge in [-0.25, -0.2) is 4.39 Å². The monoisotopic (exact) mass is 424 g/mol. The van der Waals surface area contributed by atoms with Gasteiger partial charge in [0.25, 0.3) is 5.91 Å². The Morgan fingerprint density at radius 1 is 1.17 bits per heavy atom. The number of carbonyl (C=O) groups excluding carboxylic acids is 1. The molecule has 5 nitrogen and oxygen atoms in total. The lowest BCUT2D eigenvalue weighted by Crippen LogP contribution is -2.19. The molecule has 0 atom stereocenters. The van der Waals surface area contributed by atoms with E-state index in [-0.39, 0.29) is 5.82 Å². The number of halogens is 1. The van der Waals surface area contributed by atoms with E-state index in [2.05, 4.69) is 4.99 Å². The molecule has 0 aliphatic carbocycles. The highest BCUT2D eigenvalue weighted by Gasteiger charge is 2.17. The summed E-state index contributed by atoms with van der Waals surface area (Å²) in [6, 6.07) is 15.9. The highest BCUT2D eigenvalue weighted by atomic mass is 32.1. The molecule has 0 N–H and O–H groups in total. The van der Waals surface area contributed by atoms with E-state index in [1.807, 2.05) is 41.8 Å². The minimum Gasteiger partial charge on any atom is -0.493 e. The molecule has 0 fully saturated rings. The second kappa shape index (κ2) is 8.77. The van der Waals surface area contributed by atoms with Crippen LogP contribution in [-0.4, -0.2) is 30.8 Å². The zero-order valence-corrected chi connectivity index (χ0v) is 17.5. The van der Waals surface area contributed by atoms with Crippen LogP contribution in [0.5, 0.6) is 5.75 Å². The Hall–Kier alpha value is -3.03. The fourth-order valence-corrected chi connectivity index (χ4v) is 4.50. The molecule has 1 amide bonds. The van der Waals surface area contributed by atoms with Gasteiger partial charge in [0.2, 0.25) is 0 Å². The van der Waals surface area contributed by atoms with Crippen molar-refractivity contribution in [2.75, 3.05) is 20.3 Å². The molecule has 0 saturated heterocycles. The summed E-state index contributed by atoms with van der Waals surface area (Å²) in [5.74, 6) is -0.220. The Kier molecular flexibility index (Phi) is 5.92. The Bertz CT molecular complexity index is 1290. The molecule has 7 heteroatoms. The van der Waals surface area contributed by atoms with Gasteiger partial charge in [0.05, 0.1) is 29.0 Å². The lowest BCUT2D eigenvalue weighted by molar-refractivity contribution is 0.0995. The largest absolute Gasteiger partial charge is 0.493 e. The number of ether oxygens (including phenoxy) is 2. The van der Waals surface area contributed by atoms with Crippen LogP contribution in [0.3, 0.4) is 0 Å². The summed E-state index contributed by atoms with van der Waals surface area (Å²) in [6.07, 6.45) is 0. The Morgan fingerprint density at radius 3 is 2.80 bits per heavy atom. The molecule has 0 radical (unpaired) electrons. The summed E-state index contributed by atoms with van der Waals surface area (Å²) in [6.45, 7) is 3.26. The van der Waals surface area contributed by atoms with E-state index in [4.69, 9.17) is 9.47 Å². The fraction of sp³-hybridized carbons (Fsp3) is 0.217. The van der Waals surface area contributed by atoms with Gasteiger partial charge in [-0.3, -0.25) is 4.79 Å². The molecule has 0 spiro atoms. The molecule has 0 aliphatic heterocycles. The summed E-state index contributed by atoms with van der Waals surface area (Å²) in [4.78, 5) is 18.3. The third kappa shape index (κ3) is 3.86. The summed E-state index contributed by atoms with van der Waals surface area (Å²) >= 11 is 1.28. The summed E-state index contributed by atoms with van der Waals surface area (Å²) < 4.78 is 27.3. The van der Waals surface area contributed by atoms with E-state index in [0.29, 0.717) is 35.9 Å². The number of nitrogens with zero attached hydrogens (tertiary/aromatic N) is 2. The molecule has 3 aromatic carbocycles. The molecule has 154 valence electrons. The van der Waals surface area contributed by atoms with Crippen molar-refractivity contribution in [3.05, 3.63) is 70.8 Å². The molecule has 0 bridgehead atoms. The highest BCUT2D eigenvalue weighted by molar-refractivity contribution is 7.16. The summed E-state index contributed by atoms with van der Waals surface area (Å²) in [5.41, 5.74) is 1.24. The predicted molar refractivity (Wildman–Crippen MR) is 117 cm³/mol. The second-order valence-corrected chi connectivity index (χ2v) is 7.66. The zero-order chi connectivity index (χ0) is 21.1. The molecule has 4 aromatic rings. The van der Waals surface area contributed by atoms with Crippen molar-refractivity contribution in [1.29, 1.82) is 0 Å². The quantitative estimate of drug-likeness (QED) is 0.448. The third-order valence-corrected chi connectivity index (χ3v) is 5.81. The summed E-state index contributed by atoms with van der Waals surface area (Å²) in [5, 5.41) is 1.72. The topological polar surface area (TPSA) is 52.8 Å². The van der Waals surface area contributed by atoms with E-state index < -0.39 is 5.91 Å². The van der Waals surface area contributed by atoms with Crippen LogP contribution in [0.1, 0.15) is 17.3 Å². The number of hydrogen-bond donors (Lipinski definition) is 0. The van der Waals surface area contributed by atoms with Gasteiger partial charge < -0.3 is 14.0 Å². The third-order valence-electron chi connectivity index (χ3n) is 4.77. The normalized spacial score (nSPS) is 12.0. The molecule has 0 unspecified atom stereocenters. The lowest BCUT2D eigenvalue weighted by Gasteiger charge is -2.11. The van der Waals surface area contributed by atoms with E-state index in [1.165, 1.54) is 23.5 Å². The van der Waals surface area contributed by atoms with Gasteiger partial charge in [-0.05, 0) is 42.0 Å². The number of benzene rings is 3. The Balaban J connectivity index is 1.91. The smallest absolute Gasteiger partial charge is 0.284 e. The van der Waals surface area contributed by atoms with Crippen LogP contribution in [0.25, 0.3) is 21.0 Å². The van der Waals surface area contributed by atoms with Gasteiger partial charge in [-0.15, -0.1) is 0 Å². The van der Waals surface area contributed by atoms with Crippen molar-refractivity contribution in [2.45, 2.75) is 13.5 Å². The standard InChI is InChI=1S/C23H21FN2O3S/c1-3-29-19-11-8-15-6-4-5-7-17(15)21(19)22(27)25-23-26(12-13-28-2)18-10-9-16(24)14-20(18)30-23/h4-11,14H,3,12-13H2,1-2H3. The first-order valence-corrected chi connectivity index (χ1v) is 10.5. The highest BCUT2D eigenvalue weighted by Crippen LogP contribution is 2.29. The molecule has 0 aliphatic rings. The minimum atomic E-state index is -0.395. The Labute approximate surface area is 177 Å². The van der Waals surface area contributed by atoms with Gasteiger partial charge in [-0.1, -0.05) is 41.7 Å².